The molecule has 0 bridgehead atoms. The summed E-state index contributed by atoms with van der Waals surface area (Å²) in [7, 11) is 0. The molecule has 5 aromatic rings. The SMILES string of the molecule is Cc1nnc2n1-c1sc(C#Cc3cnn(CCCCOc4cccc5c4CN(C4CCC(=O)NC4=O)C5=O)c3)c(Cc3ccccc3)c1COC2. The summed E-state index contributed by atoms with van der Waals surface area (Å²) in [5, 5.41) is 16.6. The second-order valence-electron chi connectivity index (χ2n) is 12.8. The highest BCUT2D eigenvalue weighted by atomic mass is 32.1. The standard InChI is InChI=1S/C38H35N7O5S/c1-24-41-42-34-23-49-22-30-28(18-25-8-3-2-4-9-25)33(51-38(30)45(24)34)14-12-26-19-39-43(20-26)16-5-6-17-50-32-11-7-10-27-29(32)21-44(37(27)48)31-13-15-35(46)40-36(31)47/h2-4,7-11,19-20,31H,5-6,13,15-18,21-23H2,1H3,(H,40,46,47). The third-order valence-electron chi connectivity index (χ3n) is 9.42. The molecule has 1 saturated heterocycles. The number of fused-ring (bicyclic) bond motifs is 4. The lowest BCUT2D eigenvalue weighted by Gasteiger charge is -2.29. The van der Waals surface area contributed by atoms with Gasteiger partial charge in [-0.05, 0) is 55.9 Å². The van der Waals surface area contributed by atoms with Gasteiger partial charge in [-0.1, -0.05) is 48.2 Å². The molecule has 258 valence electrons. The van der Waals surface area contributed by atoms with Gasteiger partial charge in [-0.25, -0.2) is 0 Å². The van der Waals surface area contributed by atoms with Crippen LogP contribution in [0.4, 0.5) is 0 Å². The molecule has 8 rings (SSSR count). The van der Waals surface area contributed by atoms with Crippen molar-refractivity contribution in [3.63, 3.8) is 0 Å². The normalized spacial score (nSPS) is 16.5. The number of thiophene rings is 1. The number of rotatable bonds is 9. The molecule has 3 aliphatic heterocycles. The van der Waals surface area contributed by atoms with E-state index in [-0.39, 0.29) is 24.8 Å². The van der Waals surface area contributed by atoms with Crippen LogP contribution in [-0.4, -0.2) is 59.8 Å². The van der Waals surface area contributed by atoms with Gasteiger partial charge in [0.15, 0.2) is 5.82 Å². The molecule has 1 atom stereocenters. The maximum Gasteiger partial charge on any atom is 0.255 e. The molecule has 6 heterocycles. The van der Waals surface area contributed by atoms with Gasteiger partial charge < -0.3 is 14.4 Å². The van der Waals surface area contributed by atoms with Crippen LogP contribution in [0.1, 0.15) is 80.4 Å². The molecule has 0 saturated carbocycles. The first-order valence-corrected chi connectivity index (χ1v) is 17.9. The highest BCUT2D eigenvalue weighted by Gasteiger charge is 2.40. The lowest BCUT2D eigenvalue weighted by Crippen LogP contribution is -2.52. The van der Waals surface area contributed by atoms with Gasteiger partial charge >= 0.3 is 0 Å². The maximum atomic E-state index is 13.1. The van der Waals surface area contributed by atoms with E-state index in [0.29, 0.717) is 44.1 Å². The topological polar surface area (TPSA) is 133 Å². The smallest absolute Gasteiger partial charge is 0.255 e. The lowest BCUT2D eigenvalue weighted by atomic mass is 10.0. The number of unbranched alkanes of at least 4 members (excludes halogenated alkanes) is 1. The van der Waals surface area contributed by atoms with E-state index in [1.165, 1.54) is 16.0 Å². The van der Waals surface area contributed by atoms with Crippen molar-refractivity contribution in [3.8, 4) is 22.6 Å². The largest absolute Gasteiger partial charge is 0.493 e. The number of ether oxygens (including phenoxy) is 2. The van der Waals surface area contributed by atoms with Crippen molar-refractivity contribution in [2.24, 2.45) is 0 Å². The fourth-order valence-corrected chi connectivity index (χ4v) is 8.09. The van der Waals surface area contributed by atoms with Crippen LogP contribution in [0.25, 0.3) is 5.00 Å². The number of aromatic nitrogens is 5. The molecule has 3 aliphatic rings. The van der Waals surface area contributed by atoms with Gasteiger partial charge in [0.2, 0.25) is 11.8 Å². The Morgan fingerprint density at radius 3 is 2.76 bits per heavy atom. The third kappa shape index (κ3) is 6.56. The van der Waals surface area contributed by atoms with Gasteiger partial charge in [-0.2, -0.15) is 5.10 Å². The minimum absolute atomic E-state index is 0.210. The van der Waals surface area contributed by atoms with E-state index in [2.05, 4.69) is 61.3 Å². The Morgan fingerprint density at radius 1 is 1.02 bits per heavy atom. The number of benzene rings is 2. The van der Waals surface area contributed by atoms with Crippen LogP contribution in [0.15, 0.2) is 60.9 Å². The summed E-state index contributed by atoms with van der Waals surface area (Å²) in [6, 6.07) is 15.2. The van der Waals surface area contributed by atoms with Gasteiger partial charge in [0, 0.05) is 35.9 Å². The minimum atomic E-state index is -0.655. The molecule has 1 unspecified atom stereocenters. The zero-order valence-electron chi connectivity index (χ0n) is 28.1. The van der Waals surface area contributed by atoms with Gasteiger partial charge in [-0.15, -0.1) is 21.5 Å². The Hall–Kier alpha value is -5.58. The van der Waals surface area contributed by atoms with Crippen LogP contribution in [0, 0.1) is 18.8 Å². The molecule has 0 spiro atoms. The predicted molar refractivity (Wildman–Crippen MR) is 187 cm³/mol. The third-order valence-corrected chi connectivity index (χ3v) is 10.6. The Kier molecular flexibility index (Phi) is 8.93. The van der Waals surface area contributed by atoms with Crippen molar-refractivity contribution >= 4 is 29.1 Å². The lowest BCUT2D eigenvalue weighted by molar-refractivity contribution is -0.136. The summed E-state index contributed by atoms with van der Waals surface area (Å²) in [5.74, 6) is 8.13. The first-order chi connectivity index (χ1) is 24.9. The maximum absolute atomic E-state index is 13.1. The summed E-state index contributed by atoms with van der Waals surface area (Å²) >= 11 is 1.65. The van der Waals surface area contributed by atoms with Crippen molar-refractivity contribution in [1.29, 1.82) is 0 Å². The number of nitrogens with zero attached hydrogens (tertiary/aromatic N) is 6. The molecule has 1 fully saturated rings. The van der Waals surface area contributed by atoms with E-state index in [1.807, 2.05) is 29.9 Å². The number of piperidine rings is 1. The van der Waals surface area contributed by atoms with Crippen LogP contribution < -0.4 is 10.1 Å². The van der Waals surface area contributed by atoms with Crippen LogP contribution in [0.2, 0.25) is 0 Å². The first-order valence-electron chi connectivity index (χ1n) is 17.0. The van der Waals surface area contributed by atoms with Crippen molar-refractivity contribution in [2.45, 2.75) is 71.4 Å². The second-order valence-corrected chi connectivity index (χ2v) is 13.8. The molecular formula is C38H35N7O5S. The highest BCUT2D eigenvalue weighted by molar-refractivity contribution is 7.15. The predicted octanol–water partition coefficient (Wildman–Crippen LogP) is 4.47. The molecule has 3 amide bonds. The van der Waals surface area contributed by atoms with Crippen molar-refractivity contribution in [3.05, 3.63) is 111 Å². The fourth-order valence-electron chi connectivity index (χ4n) is 6.84. The number of hydrogen-bond acceptors (Lipinski definition) is 9. The van der Waals surface area contributed by atoms with Gasteiger partial charge in [-0.3, -0.25) is 28.9 Å². The highest BCUT2D eigenvalue weighted by Crippen LogP contribution is 2.37. The number of aryl methyl sites for hydroxylation is 2. The summed E-state index contributed by atoms with van der Waals surface area (Å²) in [6.45, 7) is 4.33. The number of carbonyl (C=O) groups is 3. The Bertz CT molecular complexity index is 2210. The average Bonchev–Trinajstić information content (AvgIpc) is 3.88. The molecule has 51 heavy (non-hydrogen) atoms. The van der Waals surface area contributed by atoms with E-state index in [1.54, 1.807) is 29.7 Å². The molecule has 0 radical (unpaired) electrons. The zero-order chi connectivity index (χ0) is 34.9. The van der Waals surface area contributed by atoms with Crippen LogP contribution >= 0.6 is 11.3 Å². The molecule has 13 heteroatoms. The summed E-state index contributed by atoms with van der Waals surface area (Å²) in [6.07, 6.45) is 6.68. The molecule has 3 aromatic heterocycles. The van der Waals surface area contributed by atoms with Crippen LogP contribution in [0.5, 0.6) is 5.75 Å². The molecule has 0 aliphatic carbocycles. The second kappa shape index (κ2) is 14.0. The van der Waals surface area contributed by atoms with Crippen LogP contribution in [-0.2, 0) is 47.1 Å². The van der Waals surface area contributed by atoms with E-state index in [0.717, 1.165) is 57.5 Å². The van der Waals surface area contributed by atoms with Gasteiger partial charge in [0.05, 0.1) is 36.4 Å². The number of hydrogen-bond donors (Lipinski definition) is 1. The average molecular weight is 702 g/mol. The van der Waals surface area contributed by atoms with E-state index in [9.17, 15) is 14.4 Å². The Balaban J connectivity index is 0.904. The number of imide groups is 1. The fraction of sp³-hybridized carbons (Fsp3) is 0.316. The number of nitrogens with one attached hydrogen (secondary N) is 1. The molecular weight excluding hydrogens is 667 g/mol. The summed E-state index contributed by atoms with van der Waals surface area (Å²) in [5.41, 5.74) is 5.66. The first kappa shape index (κ1) is 32.6. The minimum Gasteiger partial charge on any atom is -0.493 e. The quantitative estimate of drug-likeness (QED) is 0.135. The molecule has 12 nitrogen and oxygen atoms in total. The van der Waals surface area contributed by atoms with Crippen LogP contribution in [0.3, 0.4) is 0 Å². The van der Waals surface area contributed by atoms with Crippen molar-refractivity contribution in [2.75, 3.05) is 6.61 Å². The molecule has 2 aromatic carbocycles. The summed E-state index contributed by atoms with van der Waals surface area (Å²) < 4.78 is 16.1. The van der Waals surface area contributed by atoms with Gasteiger partial charge in [0.25, 0.3) is 5.91 Å². The monoisotopic (exact) mass is 701 g/mol. The number of carbonyl (C=O) groups excluding carboxylic acids is 3. The summed E-state index contributed by atoms with van der Waals surface area (Å²) in [4.78, 5) is 39.7. The van der Waals surface area contributed by atoms with Crippen molar-refractivity contribution in [1.82, 2.24) is 34.8 Å². The van der Waals surface area contributed by atoms with E-state index in [4.69, 9.17) is 9.47 Å². The van der Waals surface area contributed by atoms with E-state index < -0.39 is 11.9 Å². The Morgan fingerprint density at radius 2 is 1.90 bits per heavy atom. The van der Waals surface area contributed by atoms with E-state index >= 15 is 0 Å². The number of amides is 3. The van der Waals surface area contributed by atoms with Crippen molar-refractivity contribution < 1.29 is 23.9 Å². The zero-order valence-corrected chi connectivity index (χ0v) is 28.9. The Labute approximate surface area is 298 Å². The molecule has 1 N–H and O–H groups in total. The van der Waals surface area contributed by atoms with Gasteiger partial charge in [0.1, 0.15) is 29.2 Å².